The van der Waals surface area contributed by atoms with Crippen LogP contribution in [0, 0.1) is 0 Å². The number of para-hydroxylation sites is 2. The van der Waals surface area contributed by atoms with Crippen LogP contribution in [0.2, 0.25) is 0 Å². The Morgan fingerprint density at radius 1 is 0.839 bits per heavy atom. The maximum Gasteiger partial charge on any atom is 0.293 e. The first-order valence-electron chi connectivity index (χ1n) is 9.69. The topological polar surface area (TPSA) is 72.7 Å². The number of benzene rings is 3. The molecule has 0 radical (unpaired) electrons. The second-order valence-corrected chi connectivity index (χ2v) is 7.00. The summed E-state index contributed by atoms with van der Waals surface area (Å²) in [5, 5.41) is 6.62. The molecule has 156 valence electrons. The molecule has 0 spiro atoms. The minimum absolute atomic E-state index is 0.162. The van der Waals surface area contributed by atoms with Gasteiger partial charge in [-0.2, -0.15) is 0 Å². The molecule has 31 heavy (non-hydrogen) atoms. The highest BCUT2D eigenvalue weighted by atomic mass is 32.1. The van der Waals surface area contributed by atoms with Gasteiger partial charge in [0.15, 0.2) is 10.9 Å². The van der Waals surface area contributed by atoms with Gasteiger partial charge >= 0.3 is 0 Å². The lowest BCUT2D eigenvalue weighted by Gasteiger charge is -2.11. The number of hydrogen-bond donors (Lipinski definition) is 2. The van der Waals surface area contributed by atoms with Crippen molar-refractivity contribution in [1.29, 1.82) is 0 Å². The predicted octanol–water partition coefficient (Wildman–Crippen LogP) is 5.02. The van der Waals surface area contributed by atoms with E-state index in [0.717, 1.165) is 11.1 Å². The third-order valence-corrected chi connectivity index (χ3v) is 4.54. The fourth-order valence-corrected chi connectivity index (χ4v) is 3.13. The van der Waals surface area contributed by atoms with Crippen LogP contribution in [0.3, 0.4) is 0 Å². The normalized spacial score (nSPS) is 10.5. The lowest BCUT2D eigenvalue weighted by Crippen LogP contribution is -2.33. The Morgan fingerprint density at radius 2 is 1.55 bits per heavy atom. The Labute approximate surface area is 184 Å². The predicted molar refractivity (Wildman–Crippen MR) is 124 cm³/mol. The number of nitrogens with one attached hydrogen (secondary N) is 2. The van der Waals surface area contributed by atoms with E-state index in [1.807, 2.05) is 66.7 Å². The summed E-state index contributed by atoms with van der Waals surface area (Å²) < 4.78 is 16.9. The molecule has 0 saturated carbocycles. The van der Waals surface area contributed by atoms with Crippen LogP contribution in [0.1, 0.15) is 10.6 Å². The van der Waals surface area contributed by atoms with Crippen molar-refractivity contribution in [3.63, 3.8) is 0 Å². The van der Waals surface area contributed by atoms with Crippen LogP contribution in [0.25, 0.3) is 11.0 Å². The number of furan rings is 1. The van der Waals surface area contributed by atoms with Crippen molar-refractivity contribution in [3.05, 3.63) is 90.7 Å². The van der Waals surface area contributed by atoms with Gasteiger partial charge in [-0.05, 0) is 48.6 Å². The molecule has 0 aliphatic carbocycles. The van der Waals surface area contributed by atoms with E-state index in [9.17, 15) is 4.79 Å². The number of rotatable bonds is 7. The summed E-state index contributed by atoms with van der Waals surface area (Å²) >= 11 is 5.25. The van der Waals surface area contributed by atoms with Gasteiger partial charge in [-0.15, -0.1) is 0 Å². The van der Waals surface area contributed by atoms with Crippen molar-refractivity contribution in [1.82, 2.24) is 5.32 Å². The summed E-state index contributed by atoms with van der Waals surface area (Å²) in [6, 6.07) is 25.9. The van der Waals surface area contributed by atoms with Gasteiger partial charge in [-0.3, -0.25) is 10.1 Å². The Morgan fingerprint density at radius 3 is 2.35 bits per heavy atom. The zero-order valence-corrected chi connectivity index (χ0v) is 17.4. The third kappa shape index (κ3) is 5.61. The maximum absolute atomic E-state index is 12.4. The maximum atomic E-state index is 12.4. The van der Waals surface area contributed by atoms with Crippen LogP contribution in [-0.2, 0) is 0 Å². The van der Waals surface area contributed by atoms with E-state index < -0.39 is 5.91 Å². The molecule has 0 aliphatic heterocycles. The number of fused-ring (bicyclic) bond motifs is 1. The summed E-state index contributed by atoms with van der Waals surface area (Å²) in [5.41, 5.74) is 1.34. The van der Waals surface area contributed by atoms with Gasteiger partial charge in [0, 0.05) is 17.1 Å². The first-order chi connectivity index (χ1) is 15.2. The van der Waals surface area contributed by atoms with Crippen molar-refractivity contribution in [3.8, 4) is 11.5 Å². The minimum atomic E-state index is -0.417. The molecule has 6 nitrogen and oxygen atoms in total. The summed E-state index contributed by atoms with van der Waals surface area (Å²) in [5.74, 6) is 1.24. The van der Waals surface area contributed by atoms with E-state index in [1.165, 1.54) is 0 Å². The fourth-order valence-electron chi connectivity index (χ4n) is 2.92. The standard InChI is InChI=1S/C24H20N2O4S/c27-23(22-15-17-7-4-5-12-21(17)30-22)26-24(31)25-18-8-6-11-20(16-18)29-14-13-28-19-9-2-1-3-10-19/h1-12,15-16H,13-14H2,(H2,25,26,27,31). The summed E-state index contributed by atoms with van der Waals surface area (Å²) in [4.78, 5) is 12.4. The lowest BCUT2D eigenvalue weighted by molar-refractivity contribution is 0.0953. The van der Waals surface area contributed by atoms with E-state index >= 15 is 0 Å². The molecular formula is C24H20N2O4S. The largest absolute Gasteiger partial charge is 0.490 e. The van der Waals surface area contributed by atoms with Crippen LogP contribution < -0.4 is 20.1 Å². The number of hydrogen-bond acceptors (Lipinski definition) is 5. The van der Waals surface area contributed by atoms with Crippen molar-refractivity contribution < 1.29 is 18.7 Å². The van der Waals surface area contributed by atoms with Crippen molar-refractivity contribution >= 4 is 39.9 Å². The summed E-state index contributed by atoms with van der Waals surface area (Å²) in [7, 11) is 0. The van der Waals surface area contributed by atoms with Gasteiger partial charge in [-0.1, -0.05) is 42.5 Å². The molecule has 4 rings (SSSR count). The summed E-state index contributed by atoms with van der Waals surface area (Å²) in [6.07, 6.45) is 0. The van der Waals surface area contributed by atoms with E-state index in [2.05, 4.69) is 10.6 Å². The minimum Gasteiger partial charge on any atom is -0.490 e. The molecular weight excluding hydrogens is 412 g/mol. The molecule has 4 aromatic rings. The van der Waals surface area contributed by atoms with Gasteiger partial charge in [0.1, 0.15) is 30.3 Å². The highest BCUT2D eigenvalue weighted by molar-refractivity contribution is 7.80. The smallest absolute Gasteiger partial charge is 0.293 e. The van der Waals surface area contributed by atoms with E-state index in [0.29, 0.717) is 30.2 Å². The van der Waals surface area contributed by atoms with Gasteiger partial charge in [0.2, 0.25) is 0 Å². The molecule has 7 heteroatoms. The average Bonchev–Trinajstić information content (AvgIpc) is 3.22. The molecule has 0 saturated heterocycles. The summed E-state index contributed by atoms with van der Waals surface area (Å²) in [6.45, 7) is 0.819. The van der Waals surface area contributed by atoms with Crippen LogP contribution in [-0.4, -0.2) is 24.2 Å². The van der Waals surface area contributed by atoms with Gasteiger partial charge in [0.05, 0.1) is 0 Å². The number of carbonyl (C=O) groups is 1. The number of anilines is 1. The second-order valence-electron chi connectivity index (χ2n) is 6.59. The first-order valence-corrected chi connectivity index (χ1v) is 10.1. The molecule has 0 fully saturated rings. The van der Waals surface area contributed by atoms with E-state index in [4.69, 9.17) is 26.1 Å². The van der Waals surface area contributed by atoms with Gasteiger partial charge in [0.25, 0.3) is 5.91 Å². The molecule has 1 aromatic heterocycles. The Balaban J connectivity index is 1.27. The monoisotopic (exact) mass is 432 g/mol. The number of carbonyl (C=O) groups excluding carboxylic acids is 1. The van der Waals surface area contributed by atoms with Crippen molar-refractivity contribution in [2.24, 2.45) is 0 Å². The Hall–Kier alpha value is -3.84. The van der Waals surface area contributed by atoms with Crippen molar-refractivity contribution in [2.45, 2.75) is 0 Å². The van der Waals surface area contributed by atoms with Crippen LogP contribution in [0.15, 0.2) is 89.3 Å². The highest BCUT2D eigenvalue weighted by Crippen LogP contribution is 2.19. The van der Waals surface area contributed by atoms with Crippen LogP contribution in [0.4, 0.5) is 5.69 Å². The SMILES string of the molecule is O=C(NC(=S)Nc1cccc(OCCOc2ccccc2)c1)c1cc2ccccc2o1. The third-order valence-electron chi connectivity index (χ3n) is 4.33. The number of ether oxygens (including phenoxy) is 2. The molecule has 3 aromatic carbocycles. The fraction of sp³-hybridized carbons (Fsp3) is 0.0833. The second kappa shape index (κ2) is 9.77. The lowest BCUT2D eigenvalue weighted by atomic mass is 10.2. The Kier molecular flexibility index (Phi) is 6.44. The van der Waals surface area contributed by atoms with Crippen LogP contribution in [0.5, 0.6) is 11.5 Å². The Bertz CT molecular complexity index is 1160. The van der Waals surface area contributed by atoms with Gasteiger partial charge < -0.3 is 19.2 Å². The van der Waals surface area contributed by atoms with Gasteiger partial charge in [-0.25, -0.2) is 0 Å². The van der Waals surface area contributed by atoms with E-state index in [1.54, 1.807) is 18.2 Å². The molecule has 0 atom stereocenters. The quantitative estimate of drug-likeness (QED) is 0.316. The molecule has 2 N–H and O–H groups in total. The number of thiocarbonyl (C=S) groups is 1. The van der Waals surface area contributed by atoms with Crippen LogP contribution >= 0.6 is 12.2 Å². The zero-order chi connectivity index (χ0) is 21.5. The molecule has 1 amide bonds. The van der Waals surface area contributed by atoms with Crippen molar-refractivity contribution in [2.75, 3.05) is 18.5 Å². The molecule has 0 aliphatic rings. The average molecular weight is 433 g/mol. The number of amides is 1. The first kappa shape index (κ1) is 20.4. The zero-order valence-electron chi connectivity index (χ0n) is 16.5. The highest BCUT2D eigenvalue weighted by Gasteiger charge is 2.13. The molecule has 1 heterocycles. The van der Waals surface area contributed by atoms with E-state index in [-0.39, 0.29) is 10.9 Å². The molecule has 0 bridgehead atoms. The molecule has 0 unspecified atom stereocenters.